The van der Waals surface area contributed by atoms with Crippen molar-refractivity contribution in [1.29, 1.82) is 0 Å². The van der Waals surface area contributed by atoms with Gasteiger partial charge in [0, 0.05) is 15.4 Å². The van der Waals surface area contributed by atoms with E-state index in [1.807, 2.05) is 60.7 Å². The van der Waals surface area contributed by atoms with E-state index < -0.39 is 0 Å². The van der Waals surface area contributed by atoms with Crippen molar-refractivity contribution in [3.8, 4) is 17.0 Å². The van der Waals surface area contributed by atoms with Gasteiger partial charge in [0.1, 0.15) is 15.5 Å². The van der Waals surface area contributed by atoms with Crippen molar-refractivity contribution in [2.45, 2.75) is 0 Å². The molecule has 2 aromatic carbocycles. The van der Waals surface area contributed by atoms with Gasteiger partial charge in [0.05, 0.1) is 24.2 Å². The average Bonchev–Trinajstić information content (AvgIpc) is 3.06. The van der Waals surface area contributed by atoms with Crippen molar-refractivity contribution >= 4 is 54.8 Å². The maximum atomic E-state index is 12.7. The molecule has 28 heavy (non-hydrogen) atoms. The molecule has 0 saturated heterocycles. The zero-order valence-electron chi connectivity index (χ0n) is 14.9. The molecule has 0 aliphatic heterocycles. The number of ether oxygens (including phenoxy) is 1. The number of amides is 1. The number of nitrogens with zero attached hydrogens (tertiary/aromatic N) is 1. The van der Waals surface area contributed by atoms with Crippen LogP contribution >= 0.6 is 27.3 Å². The Morgan fingerprint density at radius 2 is 1.96 bits per heavy atom. The third-order valence-electron chi connectivity index (χ3n) is 4.29. The number of fused-ring (bicyclic) bond motifs is 1. The highest BCUT2D eigenvalue weighted by atomic mass is 79.9. The van der Waals surface area contributed by atoms with Gasteiger partial charge < -0.3 is 15.8 Å². The number of carbonyl (C=O) groups excluding carboxylic acids is 1. The lowest BCUT2D eigenvalue weighted by Crippen LogP contribution is -2.12. The molecule has 0 radical (unpaired) electrons. The Hall–Kier alpha value is -2.90. The second-order valence-corrected chi connectivity index (χ2v) is 7.91. The van der Waals surface area contributed by atoms with Crippen LogP contribution in [0.2, 0.25) is 0 Å². The van der Waals surface area contributed by atoms with Gasteiger partial charge in [-0.1, -0.05) is 24.3 Å². The van der Waals surface area contributed by atoms with E-state index in [4.69, 9.17) is 15.5 Å². The summed E-state index contributed by atoms with van der Waals surface area (Å²) >= 11 is 4.71. The second-order valence-electron chi connectivity index (χ2n) is 6.06. The lowest BCUT2D eigenvalue weighted by molar-refractivity contribution is 0.103. The van der Waals surface area contributed by atoms with Crippen molar-refractivity contribution in [2.24, 2.45) is 0 Å². The van der Waals surface area contributed by atoms with E-state index in [-0.39, 0.29) is 5.91 Å². The Bertz CT molecular complexity index is 1190. The molecular formula is C21H16BrN3O2S. The van der Waals surface area contributed by atoms with E-state index in [1.54, 1.807) is 7.11 Å². The van der Waals surface area contributed by atoms with E-state index in [0.717, 1.165) is 31.7 Å². The van der Waals surface area contributed by atoms with E-state index in [1.165, 1.54) is 11.3 Å². The summed E-state index contributed by atoms with van der Waals surface area (Å²) in [6.07, 6.45) is 0. The van der Waals surface area contributed by atoms with Gasteiger partial charge in [0.25, 0.3) is 5.91 Å². The summed E-state index contributed by atoms with van der Waals surface area (Å²) in [4.78, 5) is 18.6. The van der Waals surface area contributed by atoms with Crippen LogP contribution in [-0.4, -0.2) is 18.0 Å². The number of anilines is 2. The fraction of sp³-hybridized carbons (Fsp3) is 0.0476. The van der Waals surface area contributed by atoms with Crippen LogP contribution in [0.1, 0.15) is 9.67 Å². The first-order chi connectivity index (χ1) is 13.6. The van der Waals surface area contributed by atoms with Gasteiger partial charge in [-0.25, -0.2) is 4.98 Å². The van der Waals surface area contributed by atoms with Crippen LogP contribution in [0.15, 0.2) is 65.1 Å². The molecule has 5 nitrogen and oxygen atoms in total. The first-order valence-electron chi connectivity index (χ1n) is 8.46. The summed E-state index contributed by atoms with van der Waals surface area (Å²) in [5, 5.41) is 3.66. The summed E-state index contributed by atoms with van der Waals surface area (Å²) in [6.45, 7) is 0. The van der Waals surface area contributed by atoms with Gasteiger partial charge >= 0.3 is 0 Å². The van der Waals surface area contributed by atoms with Gasteiger partial charge in [-0.15, -0.1) is 11.3 Å². The van der Waals surface area contributed by atoms with Crippen molar-refractivity contribution in [3.63, 3.8) is 0 Å². The summed E-state index contributed by atoms with van der Waals surface area (Å²) < 4.78 is 6.09. The standard InChI is InChI=1S/C21H16BrN3O2S/c1-27-13-6-4-5-12(11-13)16-10-9-14-18(23)19(28-21(14)25-16)20(26)24-17-8-3-2-7-15(17)22/h2-11H,23H2,1H3,(H,24,26). The number of benzene rings is 2. The number of methoxy groups -OCH3 is 1. The maximum Gasteiger partial charge on any atom is 0.267 e. The van der Waals surface area contributed by atoms with Gasteiger partial charge in [-0.2, -0.15) is 0 Å². The number of aromatic nitrogens is 1. The molecule has 0 atom stereocenters. The molecule has 0 bridgehead atoms. The van der Waals surface area contributed by atoms with Crippen LogP contribution in [0.25, 0.3) is 21.5 Å². The quantitative estimate of drug-likeness (QED) is 0.423. The monoisotopic (exact) mass is 453 g/mol. The highest BCUT2D eigenvalue weighted by Gasteiger charge is 2.18. The number of hydrogen-bond acceptors (Lipinski definition) is 5. The van der Waals surface area contributed by atoms with Crippen molar-refractivity contribution in [3.05, 3.63) is 70.0 Å². The van der Waals surface area contributed by atoms with E-state index in [2.05, 4.69) is 21.2 Å². The van der Waals surface area contributed by atoms with Crippen molar-refractivity contribution in [1.82, 2.24) is 4.98 Å². The number of para-hydroxylation sites is 1. The molecule has 7 heteroatoms. The lowest BCUT2D eigenvalue weighted by Gasteiger charge is -2.06. The Morgan fingerprint density at radius 1 is 1.14 bits per heavy atom. The molecule has 4 rings (SSSR count). The predicted octanol–water partition coefficient (Wildman–Crippen LogP) is 5.57. The van der Waals surface area contributed by atoms with E-state index >= 15 is 0 Å². The smallest absolute Gasteiger partial charge is 0.267 e. The summed E-state index contributed by atoms with van der Waals surface area (Å²) in [6, 6.07) is 18.9. The molecule has 0 aliphatic rings. The third kappa shape index (κ3) is 3.46. The number of thiophene rings is 1. The fourth-order valence-electron chi connectivity index (χ4n) is 2.85. The average molecular weight is 454 g/mol. The van der Waals surface area contributed by atoms with Crippen LogP contribution < -0.4 is 15.8 Å². The minimum atomic E-state index is -0.254. The predicted molar refractivity (Wildman–Crippen MR) is 118 cm³/mol. The number of halogens is 1. The highest BCUT2D eigenvalue weighted by Crippen LogP contribution is 2.35. The Balaban J connectivity index is 1.70. The molecule has 0 aliphatic carbocycles. The largest absolute Gasteiger partial charge is 0.497 e. The Labute approximate surface area is 174 Å². The Kier molecular flexibility index (Phi) is 5.02. The van der Waals surface area contributed by atoms with Crippen LogP contribution in [-0.2, 0) is 0 Å². The van der Waals surface area contributed by atoms with Gasteiger partial charge in [0.15, 0.2) is 0 Å². The normalized spacial score (nSPS) is 10.8. The first-order valence-corrected chi connectivity index (χ1v) is 10.1. The molecule has 0 unspecified atom stereocenters. The van der Waals surface area contributed by atoms with Crippen LogP contribution in [0.4, 0.5) is 11.4 Å². The minimum Gasteiger partial charge on any atom is -0.497 e. The molecule has 1 amide bonds. The highest BCUT2D eigenvalue weighted by molar-refractivity contribution is 9.10. The number of nitrogen functional groups attached to an aromatic ring is 1. The molecular weight excluding hydrogens is 438 g/mol. The minimum absolute atomic E-state index is 0.254. The number of rotatable bonds is 4. The van der Waals surface area contributed by atoms with Crippen LogP contribution in [0, 0.1) is 0 Å². The molecule has 3 N–H and O–H groups in total. The molecule has 2 heterocycles. The number of carbonyl (C=O) groups is 1. The SMILES string of the molecule is COc1cccc(-c2ccc3c(N)c(C(=O)Nc4ccccc4Br)sc3n2)c1. The zero-order valence-corrected chi connectivity index (χ0v) is 17.3. The Morgan fingerprint density at radius 3 is 2.75 bits per heavy atom. The van der Waals surface area contributed by atoms with Gasteiger partial charge in [0.2, 0.25) is 0 Å². The van der Waals surface area contributed by atoms with Crippen molar-refractivity contribution in [2.75, 3.05) is 18.2 Å². The van der Waals surface area contributed by atoms with Crippen molar-refractivity contribution < 1.29 is 9.53 Å². The number of hydrogen-bond donors (Lipinski definition) is 2. The zero-order chi connectivity index (χ0) is 19.7. The molecule has 140 valence electrons. The molecule has 0 spiro atoms. The van der Waals surface area contributed by atoms with Crippen LogP contribution in [0.3, 0.4) is 0 Å². The summed E-state index contributed by atoms with van der Waals surface area (Å²) in [5.74, 6) is 0.508. The summed E-state index contributed by atoms with van der Waals surface area (Å²) in [5.41, 5.74) is 9.11. The molecule has 0 fully saturated rings. The van der Waals surface area contributed by atoms with E-state index in [9.17, 15) is 4.79 Å². The third-order valence-corrected chi connectivity index (χ3v) is 6.09. The number of nitrogens with two attached hydrogens (primary N) is 1. The van der Waals surface area contributed by atoms with Gasteiger partial charge in [-0.3, -0.25) is 4.79 Å². The van der Waals surface area contributed by atoms with E-state index in [0.29, 0.717) is 16.3 Å². The second kappa shape index (κ2) is 7.61. The van der Waals surface area contributed by atoms with Gasteiger partial charge in [-0.05, 0) is 52.3 Å². The number of nitrogens with one attached hydrogen (secondary N) is 1. The first kappa shape index (κ1) is 18.5. The maximum absolute atomic E-state index is 12.7. The fourth-order valence-corrected chi connectivity index (χ4v) is 4.22. The topological polar surface area (TPSA) is 77.2 Å². The molecule has 4 aromatic rings. The summed E-state index contributed by atoms with van der Waals surface area (Å²) in [7, 11) is 1.63. The number of pyridine rings is 1. The molecule has 2 aromatic heterocycles. The lowest BCUT2D eigenvalue weighted by atomic mass is 10.1. The van der Waals surface area contributed by atoms with Crippen LogP contribution in [0.5, 0.6) is 5.75 Å². The molecule has 0 saturated carbocycles.